The summed E-state index contributed by atoms with van der Waals surface area (Å²) in [4.78, 5) is 13.5. The molecule has 2 aliphatic rings. The molecule has 0 aromatic heterocycles. The predicted octanol–water partition coefficient (Wildman–Crippen LogP) is 3.30. The van der Waals surface area contributed by atoms with Crippen LogP contribution < -0.4 is 4.74 Å². The summed E-state index contributed by atoms with van der Waals surface area (Å²) in [6.45, 7) is 6.63. The molecular formula is C20H23NO4. The number of ketones is 1. The molecule has 1 aromatic rings. The second kappa shape index (κ2) is 6.99. The molecule has 0 radical (unpaired) electrons. The van der Waals surface area contributed by atoms with Gasteiger partial charge in [0.05, 0.1) is 29.4 Å². The molecule has 5 heteroatoms. The minimum absolute atomic E-state index is 0.0528. The van der Waals surface area contributed by atoms with Gasteiger partial charge in [-0.1, -0.05) is 12.1 Å². The molecule has 3 rings (SSSR count). The third-order valence-electron chi connectivity index (χ3n) is 5.08. The lowest BCUT2D eigenvalue weighted by atomic mass is 9.64. The third-order valence-corrected chi connectivity index (χ3v) is 5.08. The lowest BCUT2D eigenvalue weighted by Crippen LogP contribution is -2.58. The van der Waals surface area contributed by atoms with Gasteiger partial charge in [0.2, 0.25) is 0 Å². The summed E-state index contributed by atoms with van der Waals surface area (Å²) >= 11 is 0. The maximum atomic E-state index is 13.5. The predicted molar refractivity (Wildman–Crippen MR) is 92.4 cm³/mol. The summed E-state index contributed by atoms with van der Waals surface area (Å²) in [6, 6.07) is 9.46. The van der Waals surface area contributed by atoms with Crippen molar-refractivity contribution in [2.75, 3.05) is 13.2 Å². The van der Waals surface area contributed by atoms with Crippen LogP contribution in [-0.2, 0) is 9.47 Å². The number of carbonyl (C=O) groups is 1. The largest absolute Gasteiger partial charge is 0.488 e. The molecule has 0 N–H and O–H groups in total. The van der Waals surface area contributed by atoms with Gasteiger partial charge in [0.1, 0.15) is 17.3 Å². The lowest BCUT2D eigenvalue weighted by molar-refractivity contribution is -0.0689. The average molecular weight is 341 g/mol. The van der Waals surface area contributed by atoms with Crippen LogP contribution in [0.5, 0.6) is 5.75 Å². The molecule has 0 saturated heterocycles. The molecule has 4 atom stereocenters. The van der Waals surface area contributed by atoms with Crippen LogP contribution >= 0.6 is 0 Å². The van der Waals surface area contributed by atoms with Crippen molar-refractivity contribution < 1.29 is 19.0 Å². The van der Waals surface area contributed by atoms with Crippen LogP contribution in [0.3, 0.4) is 0 Å². The van der Waals surface area contributed by atoms with E-state index in [9.17, 15) is 10.1 Å². The van der Waals surface area contributed by atoms with E-state index in [2.05, 4.69) is 6.07 Å². The Morgan fingerprint density at radius 2 is 2.12 bits per heavy atom. The first-order valence-corrected chi connectivity index (χ1v) is 8.75. The number of rotatable bonds is 5. The van der Waals surface area contributed by atoms with Crippen molar-refractivity contribution in [1.29, 1.82) is 5.26 Å². The maximum Gasteiger partial charge on any atom is 0.182 e. The van der Waals surface area contributed by atoms with Crippen LogP contribution in [-0.4, -0.2) is 37.3 Å². The number of nitrogens with zero attached hydrogens (tertiary/aromatic N) is 1. The van der Waals surface area contributed by atoms with Crippen LogP contribution in [0.4, 0.5) is 0 Å². The Morgan fingerprint density at radius 3 is 2.80 bits per heavy atom. The van der Waals surface area contributed by atoms with E-state index in [-0.39, 0.29) is 11.9 Å². The van der Waals surface area contributed by atoms with E-state index in [4.69, 9.17) is 14.2 Å². The van der Waals surface area contributed by atoms with E-state index < -0.39 is 17.6 Å². The molecule has 2 unspecified atom stereocenters. The fourth-order valence-corrected chi connectivity index (χ4v) is 3.88. The Labute approximate surface area is 148 Å². The van der Waals surface area contributed by atoms with Crippen molar-refractivity contribution in [3.8, 4) is 11.8 Å². The van der Waals surface area contributed by atoms with E-state index in [1.54, 1.807) is 12.1 Å². The summed E-state index contributed by atoms with van der Waals surface area (Å²) in [5.41, 5.74) is -0.00192. The SMILES string of the molecule is CCOC(C)C12C=C(C#N)[C@@H](OCC)C[C@H]1Oc1ccccc1C2=O. The Hall–Kier alpha value is -2.16. The van der Waals surface area contributed by atoms with Crippen LogP contribution in [0.2, 0.25) is 0 Å². The summed E-state index contributed by atoms with van der Waals surface area (Å²) in [5.74, 6) is 0.531. The molecule has 1 aromatic carbocycles. The van der Waals surface area contributed by atoms with E-state index in [0.29, 0.717) is 36.5 Å². The minimum Gasteiger partial charge on any atom is -0.488 e. The highest BCUT2D eigenvalue weighted by Crippen LogP contribution is 2.48. The lowest BCUT2D eigenvalue weighted by Gasteiger charge is -2.48. The van der Waals surface area contributed by atoms with E-state index >= 15 is 0 Å². The number of hydrogen-bond acceptors (Lipinski definition) is 5. The zero-order valence-corrected chi connectivity index (χ0v) is 14.8. The van der Waals surface area contributed by atoms with E-state index in [1.165, 1.54) is 0 Å². The molecule has 132 valence electrons. The van der Waals surface area contributed by atoms with Gasteiger partial charge in [-0.2, -0.15) is 5.26 Å². The summed E-state index contributed by atoms with van der Waals surface area (Å²) in [7, 11) is 0. The van der Waals surface area contributed by atoms with Gasteiger partial charge < -0.3 is 14.2 Å². The number of ether oxygens (including phenoxy) is 3. The molecule has 5 nitrogen and oxygen atoms in total. The van der Waals surface area contributed by atoms with Crippen LogP contribution in [0.25, 0.3) is 0 Å². The highest BCUT2D eigenvalue weighted by Gasteiger charge is 2.57. The maximum absolute atomic E-state index is 13.5. The first-order chi connectivity index (χ1) is 12.1. The number of benzene rings is 1. The van der Waals surface area contributed by atoms with Gasteiger partial charge in [0.15, 0.2) is 5.78 Å². The highest BCUT2D eigenvalue weighted by atomic mass is 16.5. The van der Waals surface area contributed by atoms with Gasteiger partial charge in [-0.15, -0.1) is 0 Å². The molecule has 1 heterocycles. The Bertz CT molecular complexity index is 735. The van der Waals surface area contributed by atoms with Crippen LogP contribution in [0.1, 0.15) is 37.6 Å². The second-order valence-electron chi connectivity index (χ2n) is 6.35. The average Bonchev–Trinajstić information content (AvgIpc) is 2.62. The Kier molecular flexibility index (Phi) is 4.94. The van der Waals surface area contributed by atoms with Crippen molar-refractivity contribution in [2.24, 2.45) is 5.41 Å². The summed E-state index contributed by atoms with van der Waals surface area (Å²) in [5, 5.41) is 9.59. The van der Waals surface area contributed by atoms with E-state index in [1.807, 2.05) is 39.0 Å². The number of Topliss-reactive ketones (excluding diaryl/α,β-unsaturated/α-hetero) is 1. The van der Waals surface area contributed by atoms with Gasteiger partial charge >= 0.3 is 0 Å². The summed E-state index contributed by atoms with van der Waals surface area (Å²) < 4.78 is 17.8. The van der Waals surface area contributed by atoms with Crippen LogP contribution in [0.15, 0.2) is 35.9 Å². The van der Waals surface area contributed by atoms with Crippen molar-refractivity contribution in [3.63, 3.8) is 0 Å². The third kappa shape index (κ3) is 2.76. The van der Waals surface area contributed by atoms with Gasteiger partial charge in [-0.05, 0) is 39.0 Å². The van der Waals surface area contributed by atoms with Gasteiger partial charge in [-0.3, -0.25) is 4.79 Å². The van der Waals surface area contributed by atoms with E-state index in [0.717, 1.165) is 0 Å². The first-order valence-electron chi connectivity index (χ1n) is 8.75. The molecule has 0 bridgehead atoms. The smallest absolute Gasteiger partial charge is 0.182 e. The topological polar surface area (TPSA) is 68.6 Å². The number of fused-ring (bicyclic) bond motifs is 2. The summed E-state index contributed by atoms with van der Waals surface area (Å²) in [6.07, 6.45) is 0.990. The minimum atomic E-state index is -1.01. The number of nitriles is 1. The Balaban J connectivity index is 2.16. The molecule has 1 aliphatic carbocycles. The number of hydrogen-bond donors (Lipinski definition) is 0. The fourth-order valence-electron chi connectivity index (χ4n) is 3.88. The molecular weight excluding hydrogens is 318 g/mol. The van der Waals surface area contributed by atoms with Crippen molar-refractivity contribution in [2.45, 2.75) is 45.5 Å². The zero-order chi connectivity index (χ0) is 18.0. The number of para-hydroxylation sites is 1. The van der Waals surface area contributed by atoms with Crippen molar-refractivity contribution >= 4 is 5.78 Å². The van der Waals surface area contributed by atoms with Crippen LogP contribution in [0, 0.1) is 16.7 Å². The molecule has 1 aliphatic heterocycles. The number of carbonyl (C=O) groups excluding carboxylic acids is 1. The standard InChI is InChI=1S/C20H23NO4/c1-4-23-13(3)20-11-14(12-21)17(24-5-2)10-18(20)25-16-9-7-6-8-15(16)19(20)22/h6-9,11,13,17-18H,4-5,10H2,1-3H3/t13?,17-,18+,20?/m0/s1. The first kappa shape index (κ1) is 17.7. The van der Waals surface area contributed by atoms with Crippen molar-refractivity contribution in [3.05, 3.63) is 41.5 Å². The molecule has 0 fully saturated rings. The second-order valence-corrected chi connectivity index (χ2v) is 6.35. The normalized spacial score (nSPS) is 28.9. The molecule has 0 spiro atoms. The zero-order valence-electron chi connectivity index (χ0n) is 14.8. The Morgan fingerprint density at radius 1 is 1.36 bits per heavy atom. The van der Waals surface area contributed by atoms with Gasteiger partial charge in [0, 0.05) is 19.6 Å². The quantitative estimate of drug-likeness (QED) is 0.822. The van der Waals surface area contributed by atoms with Crippen molar-refractivity contribution in [1.82, 2.24) is 0 Å². The monoisotopic (exact) mass is 341 g/mol. The van der Waals surface area contributed by atoms with Gasteiger partial charge in [0.25, 0.3) is 0 Å². The molecule has 0 saturated carbocycles. The highest BCUT2D eigenvalue weighted by molar-refractivity contribution is 6.06. The fraction of sp³-hybridized carbons (Fsp3) is 0.500. The molecule has 25 heavy (non-hydrogen) atoms. The molecule has 0 amide bonds. The van der Waals surface area contributed by atoms with Gasteiger partial charge in [-0.25, -0.2) is 0 Å².